The molecule has 0 saturated heterocycles. The van der Waals surface area contributed by atoms with Crippen LogP contribution in [0.15, 0.2) is 83.8 Å². The highest BCUT2D eigenvalue weighted by molar-refractivity contribution is 7.89. The first-order valence-electron chi connectivity index (χ1n) is 8.63. The van der Waals surface area contributed by atoms with E-state index < -0.39 is 10.0 Å². The van der Waals surface area contributed by atoms with E-state index in [9.17, 15) is 13.2 Å². The predicted molar refractivity (Wildman–Crippen MR) is 108 cm³/mol. The highest BCUT2D eigenvalue weighted by atomic mass is 32.2. The summed E-state index contributed by atoms with van der Waals surface area (Å²) in [6, 6.07) is 22.5. The SMILES string of the molecule is NS(=O)(=O)c1ccc(NC(=O)c2cccc(OCCc3ccccc3)c2)cc1. The Labute approximate surface area is 164 Å². The van der Waals surface area contributed by atoms with Crippen LogP contribution in [0.3, 0.4) is 0 Å². The van der Waals surface area contributed by atoms with Gasteiger partial charge in [-0.3, -0.25) is 4.79 Å². The minimum Gasteiger partial charge on any atom is -0.493 e. The molecule has 0 atom stereocenters. The summed E-state index contributed by atoms with van der Waals surface area (Å²) in [6.45, 7) is 0.504. The molecule has 7 heteroatoms. The smallest absolute Gasteiger partial charge is 0.255 e. The van der Waals surface area contributed by atoms with Crippen LogP contribution in [0.5, 0.6) is 5.75 Å². The zero-order valence-corrected chi connectivity index (χ0v) is 15.9. The van der Waals surface area contributed by atoms with E-state index in [1.165, 1.54) is 29.8 Å². The van der Waals surface area contributed by atoms with Crippen molar-refractivity contribution in [3.63, 3.8) is 0 Å². The zero-order chi connectivity index (χ0) is 20.0. The normalized spacial score (nSPS) is 11.0. The Morgan fingerprint density at radius 1 is 0.929 bits per heavy atom. The second-order valence-electron chi connectivity index (χ2n) is 6.14. The van der Waals surface area contributed by atoms with E-state index in [-0.39, 0.29) is 10.8 Å². The molecule has 0 aliphatic carbocycles. The molecule has 0 spiro atoms. The van der Waals surface area contributed by atoms with Gasteiger partial charge in [0.05, 0.1) is 11.5 Å². The minimum absolute atomic E-state index is 0.0145. The lowest BCUT2D eigenvalue weighted by atomic mass is 10.1. The van der Waals surface area contributed by atoms with Crippen LogP contribution in [0.4, 0.5) is 5.69 Å². The van der Waals surface area contributed by atoms with E-state index in [0.29, 0.717) is 23.6 Å². The highest BCUT2D eigenvalue weighted by Gasteiger charge is 2.10. The van der Waals surface area contributed by atoms with Crippen molar-refractivity contribution in [2.24, 2.45) is 5.14 Å². The number of carbonyl (C=O) groups excluding carboxylic acids is 1. The van der Waals surface area contributed by atoms with Crippen molar-refractivity contribution in [3.05, 3.63) is 90.0 Å². The third-order valence-corrected chi connectivity index (χ3v) is 4.97. The van der Waals surface area contributed by atoms with E-state index in [2.05, 4.69) is 5.32 Å². The second kappa shape index (κ2) is 8.69. The third kappa shape index (κ3) is 5.42. The summed E-state index contributed by atoms with van der Waals surface area (Å²) in [4.78, 5) is 12.4. The number of carbonyl (C=O) groups is 1. The molecule has 144 valence electrons. The van der Waals surface area contributed by atoms with E-state index in [4.69, 9.17) is 9.88 Å². The number of ether oxygens (including phenoxy) is 1. The van der Waals surface area contributed by atoms with Gasteiger partial charge in [-0.15, -0.1) is 0 Å². The lowest BCUT2D eigenvalue weighted by Crippen LogP contribution is -2.14. The molecule has 3 aromatic rings. The Balaban J connectivity index is 1.60. The first-order chi connectivity index (χ1) is 13.4. The number of nitrogens with one attached hydrogen (secondary N) is 1. The molecule has 1 amide bonds. The monoisotopic (exact) mass is 396 g/mol. The van der Waals surface area contributed by atoms with Gasteiger partial charge >= 0.3 is 0 Å². The molecule has 0 saturated carbocycles. The first-order valence-corrected chi connectivity index (χ1v) is 10.2. The molecule has 0 aliphatic rings. The molecule has 0 radical (unpaired) electrons. The van der Waals surface area contributed by atoms with Crippen LogP contribution in [0.25, 0.3) is 0 Å². The number of anilines is 1. The summed E-state index contributed by atoms with van der Waals surface area (Å²) in [7, 11) is -3.76. The number of benzene rings is 3. The van der Waals surface area contributed by atoms with Crippen LogP contribution in [-0.2, 0) is 16.4 Å². The fourth-order valence-corrected chi connectivity index (χ4v) is 3.11. The molecule has 28 heavy (non-hydrogen) atoms. The molecular weight excluding hydrogens is 376 g/mol. The molecule has 0 heterocycles. The Morgan fingerprint density at radius 2 is 1.64 bits per heavy atom. The molecule has 0 unspecified atom stereocenters. The maximum atomic E-state index is 12.4. The van der Waals surface area contributed by atoms with Crippen LogP contribution in [-0.4, -0.2) is 20.9 Å². The van der Waals surface area contributed by atoms with Crippen molar-refractivity contribution in [1.29, 1.82) is 0 Å². The molecule has 3 rings (SSSR count). The average Bonchev–Trinajstić information content (AvgIpc) is 2.69. The van der Waals surface area contributed by atoms with E-state index in [1.54, 1.807) is 24.3 Å². The largest absolute Gasteiger partial charge is 0.493 e. The number of primary sulfonamides is 1. The molecule has 0 aromatic heterocycles. The number of hydrogen-bond acceptors (Lipinski definition) is 4. The van der Waals surface area contributed by atoms with E-state index in [0.717, 1.165) is 6.42 Å². The van der Waals surface area contributed by atoms with Gasteiger partial charge in [0, 0.05) is 17.7 Å². The van der Waals surface area contributed by atoms with Crippen molar-refractivity contribution in [1.82, 2.24) is 0 Å². The van der Waals surface area contributed by atoms with Crippen molar-refractivity contribution >= 4 is 21.6 Å². The molecular formula is C21H20N2O4S. The predicted octanol–water partition coefficient (Wildman–Crippen LogP) is 3.21. The van der Waals surface area contributed by atoms with Crippen LogP contribution in [0.1, 0.15) is 15.9 Å². The summed E-state index contributed by atoms with van der Waals surface area (Å²) >= 11 is 0. The summed E-state index contributed by atoms with van der Waals surface area (Å²) in [5.74, 6) is 0.282. The van der Waals surface area contributed by atoms with Gasteiger partial charge in [-0.05, 0) is 48.0 Å². The fraction of sp³-hybridized carbons (Fsp3) is 0.0952. The van der Waals surface area contributed by atoms with Gasteiger partial charge in [0.25, 0.3) is 5.91 Å². The quantitative estimate of drug-likeness (QED) is 0.641. The number of rotatable bonds is 7. The van der Waals surface area contributed by atoms with Gasteiger partial charge in [-0.1, -0.05) is 36.4 Å². The third-order valence-electron chi connectivity index (χ3n) is 4.04. The van der Waals surface area contributed by atoms with Crippen molar-refractivity contribution < 1.29 is 17.9 Å². The molecule has 0 aliphatic heterocycles. The molecule has 0 bridgehead atoms. The van der Waals surface area contributed by atoms with Gasteiger partial charge in [0.2, 0.25) is 10.0 Å². The van der Waals surface area contributed by atoms with Crippen molar-refractivity contribution in [3.8, 4) is 5.75 Å². The topological polar surface area (TPSA) is 98.5 Å². The number of nitrogens with two attached hydrogens (primary N) is 1. The first kappa shape index (κ1) is 19.6. The van der Waals surface area contributed by atoms with Gasteiger partial charge in [0.15, 0.2) is 0 Å². The summed E-state index contributed by atoms with van der Waals surface area (Å²) in [5, 5.41) is 7.78. The van der Waals surface area contributed by atoms with Crippen molar-refractivity contribution in [2.45, 2.75) is 11.3 Å². The molecule has 0 fully saturated rings. The van der Waals surface area contributed by atoms with E-state index in [1.807, 2.05) is 30.3 Å². The van der Waals surface area contributed by atoms with Crippen molar-refractivity contribution in [2.75, 3.05) is 11.9 Å². The Kier molecular flexibility index (Phi) is 6.08. The molecule has 6 nitrogen and oxygen atoms in total. The maximum absolute atomic E-state index is 12.4. The number of hydrogen-bond donors (Lipinski definition) is 2. The minimum atomic E-state index is -3.76. The lowest BCUT2D eigenvalue weighted by molar-refractivity contribution is 0.102. The lowest BCUT2D eigenvalue weighted by Gasteiger charge is -2.09. The van der Waals surface area contributed by atoms with Gasteiger partial charge < -0.3 is 10.1 Å². The number of sulfonamides is 1. The molecule has 3 aromatic carbocycles. The Bertz CT molecular complexity index is 1050. The van der Waals surface area contributed by atoms with Gasteiger partial charge in [-0.2, -0.15) is 0 Å². The maximum Gasteiger partial charge on any atom is 0.255 e. The average molecular weight is 396 g/mol. The highest BCUT2D eigenvalue weighted by Crippen LogP contribution is 2.17. The Morgan fingerprint density at radius 3 is 2.32 bits per heavy atom. The second-order valence-corrected chi connectivity index (χ2v) is 7.70. The Hall–Kier alpha value is -3.16. The zero-order valence-electron chi connectivity index (χ0n) is 15.0. The summed E-state index contributed by atoms with van der Waals surface area (Å²) in [5.41, 5.74) is 2.08. The molecule has 3 N–H and O–H groups in total. The van der Waals surface area contributed by atoms with Crippen LogP contribution >= 0.6 is 0 Å². The van der Waals surface area contributed by atoms with Crippen LogP contribution in [0.2, 0.25) is 0 Å². The standard InChI is InChI=1S/C21H20N2O4S/c22-28(25,26)20-11-9-18(10-12-20)23-21(24)17-7-4-8-19(15-17)27-14-13-16-5-2-1-3-6-16/h1-12,15H,13-14H2,(H,23,24)(H2,22,25,26). The van der Waals surface area contributed by atoms with E-state index >= 15 is 0 Å². The summed E-state index contributed by atoms with van der Waals surface area (Å²) < 4.78 is 28.3. The van der Waals surface area contributed by atoms with Gasteiger partial charge in [0.1, 0.15) is 5.75 Å². The van der Waals surface area contributed by atoms with Crippen LogP contribution in [0, 0.1) is 0 Å². The summed E-state index contributed by atoms with van der Waals surface area (Å²) in [6.07, 6.45) is 0.771. The number of amides is 1. The van der Waals surface area contributed by atoms with Crippen LogP contribution < -0.4 is 15.2 Å². The van der Waals surface area contributed by atoms with Gasteiger partial charge in [-0.25, -0.2) is 13.6 Å². The fourth-order valence-electron chi connectivity index (χ4n) is 2.59.